The van der Waals surface area contributed by atoms with Gasteiger partial charge in [0.15, 0.2) is 6.61 Å². The topological polar surface area (TPSA) is 47.6 Å². The van der Waals surface area contributed by atoms with E-state index < -0.39 is 12.4 Å². The molecule has 0 aliphatic carbocycles. The van der Waals surface area contributed by atoms with Gasteiger partial charge in [-0.1, -0.05) is 12.1 Å². The highest BCUT2D eigenvalue weighted by Crippen LogP contribution is 2.25. The van der Waals surface area contributed by atoms with Crippen LogP contribution in [0.25, 0.3) is 0 Å². The predicted molar refractivity (Wildman–Crippen MR) is 89.4 cm³/mol. The number of rotatable bonds is 8. The van der Waals surface area contributed by atoms with Crippen molar-refractivity contribution in [1.82, 2.24) is 5.32 Å². The summed E-state index contributed by atoms with van der Waals surface area (Å²) < 4.78 is 47.0. The second kappa shape index (κ2) is 9.31. The fourth-order valence-electron chi connectivity index (χ4n) is 1.97. The van der Waals surface area contributed by atoms with Crippen LogP contribution in [-0.4, -0.2) is 25.7 Å². The molecule has 134 valence electrons. The minimum Gasteiger partial charge on any atom is -0.483 e. The van der Waals surface area contributed by atoms with Crippen molar-refractivity contribution in [2.45, 2.75) is 13.0 Å². The molecule has 0 aliphatic heterocycles. The molecule has 0 aliphatic rings. The van der Waals surface area contributed by atoms with Gasteiger partial charge in [-0.2, -0.15) is 8.78 Å². The lowest BCUT2D eigenvalue weighted by atomic mass is 10.1. The number of halogens is 4. The monoisotopic (exact) mass is 417 g/mol. The molecule has 2 rings (SSSR count). The lowest BCUT2D eigenvalue weighted by Gasteiger charge is -2.09. The molecular weight excluding hydrogens is 403 g/mol. The SMILES string of the molecule is O=C(COc1ccc(F)cc1Br)NCCc1ccc(OC(F)F)cc1. The number of hydrogen-bond donors (Lipinski definition) is 1. The molecule has 0 unspecified atom stereocenters. The summed E-state index contributed by atoms with van der Waals surface area (Å²) in [5, 5.41) is 2.67. The van der Waals surface area contributed by atoms with Crippen LogP contribution in [0.2, 0.25) is 0 Å². The van der Waals surface area contributed by atoms with Gasteiger partial charge in [0.1, 0.15) is 17.3 Å². The van der Waals surface area contributed by atoms with Gasteiger partial charge in [0.25, 0.3) is 5.91 Å². The lowest BCUT2D eigenvalue weighted by Crippen LogP contribution is -2.30. The maximum atomic E-state index is 13.0. The van der Waals surface area contributed by atoms with Crippen molar-refractivity contribution >= 4 is 21.8 Å². The third-order valence-electron chi connectivity index (χ3n) is 3.14. The summed E-state index contributed by atoms with van der Waals surface area (Å²) in [5.74, 6) is -0.283. The van der Waals surface area contributed by atoms with Crippen LogP contribution >= 0.6 is 15.9 Å². The van der Waals surface area contributed by atoms with Crippen molar-refractivity contribution in [3.05, 3.63) is 58.3 Å². The van der Waals surface area contributed by atoms with E-state index in [2.05, 4.69) is 26.0 Å². The van der Waals surface area contributed by atoms with E-state index in [1.807, 2.05) is 0 Å². The summed E-state index contributed by atoms with van der Waals surface area (Å²) in [6, 6.07) is 10.1. The summed E-state index contributed by atoms with van der Waals surface area (Å²) in [5.41, 5.74) is 0.865. The minimum absolute atomic E-state index is 0.0843. The number of hydrogen-bond acceptors (Lipinski definition) is 3. The standard InChI is InChI=1S/C17H15BrF3NO3/c18-14-9-12(19)3-6-15(14)24-10-16(23)22-8-7-11-1-4-13(5-2-11)25-17(20)21/h1-6,9,17H,7-8,10H2,(H,22,23). The van der Waals surface area contributed by atoms with E-state index in [1.165, 1.54) is 30.3 Å². The Morgan fingerprint density at radius 1 is 1.16 bits per heavy atom. The Hall–Kier alpha value is -2.22. The first kappa shape index (κ1) is 19.1. The number of carbonyl (C=O) groups excluding carboxylic acids is 1. The van der Waals surface area contributed by atoms with Crippen molar-refractivity contribution in [1.29, 1.82) is 0 Å². The average Bonchev–Trinajstić information content (AvgIpc) is 2.55. The number of alkyl halides is 2. The molecule has 0 atom stereocenters. The van der Waals surface area contributed by atoms with Crippen LogP contribution in [0.4, 0.5) is 13.2 Å². The lowest BCUT2D eigenvalue weighted by molar-refractivity contribution is -0.123. The van der Waals surface area contributed by atoms with Gasteiger partial charge in [-0.25, -0.2) is 4.39 Å². The minimum atomic E-state index is -2.86. The molecule has 4 nitrogen and oxygen atoms in total. The van der Waals surface area contributed by atoms with E-state index in [0.29, 0.717) is 23.2 Å². The molecule has 25 heavy (non-hydrogen) atoms. The van der Waals surface area contributed by atoms with Gasteiger partial charge in [-0.15, -0.1) is 0 Å². The molecule has 0 saturated carbocycles. The predicted octanol–water partition coefficient (Wildman–Crippen LogP) is 3.93. The Balaban J connectivity index is 1.71. The molecule has 0 saturated heterocycles. The molecular formula is C17H15BrF3NO3. The highest BCUT2D eigenvalue weighted by molar-refractivity contribution is 9.10. The van der Waals surface area contributed by atoms with Gasteiger partial charge in [0.05, 0.1) is 4.47 Å². The van der Waals surface area contributed by atoms with E-state index >= 15 is 0 Å². The largest absolute Gasteiger partial charge is 0.483 e. The highest BCUT2D eigenvalue weighted by Gasteiger charge is 2.07. The van der Waals surface area contributed by atoms with E-state index in [4.69, 9.17) is 4.74 Å². The Morgan fingerprint density at radius 3 is 2.52 bits per heavy atom. The zero-order valence-electron chi connectivity index (χ0n) is 13.0. The maximum absolute atomic E-state index is 13.0. The summed E-state index contributed by atoms with van der Waals surface area (Å²) >= 11 is 3.15. The Labute approximate surface area is 151 Å². The first-order chi connectivity index (χ1) is 11.9. The molecule has 0 bridgehead atoms. The molecule has 1 N–H and O–H groups in total. The Morgan fingerprint density at radius 2 is 1.88 bits per heavy atom. The molecule has 2 aromatic rings. The summed E-state index contributed by atoms with van der Waals surface area (Å²) in [7, 11) is 0. The first-order valence-corrected chi connectivity index (χ1v) is 8.11. The zero-order chi connectivity index (χ0) is 18.2. The maximum Gasteiger partial charge on any atom is 0.387 e. The van der Waals surface area contributed by atoms with E-state index in [1.54, 1.807) is 12.1 Å². The van der Waals surface area contributed by atoms with Gasteiger partial charge in [0, 0.05) is 6.54 Å². The van der Waals surface area contributed by atoms with Crippen LogP contribution in [0.1, 0.15) is 5.56 Å². The molecule has 0 radical (unpaired) electrons. The first-order valence-electron chi connectivity index (χ1n) is 7.32. The van der Waals surface area contributed by atoms with Crippen molar-refractivity contribution in [2.24, 2.45) is 0 Å². The summed E-state index contributed by atoms with van der Waals surface area (Å²) in [6.45, 7) is -2.70. The number of nitrogens with one attached hydrogen (secondary N) is 1. The van der Waals surface area contributed by atoms with Crippen molar-refractivity contribution in [3.63, 3.8) is 0 Å². The van der Waals surface area contributed by atoms with Gasteiger partial charge in [-0.3, -0.25) is 4.79 Å². The van der Waals surface area contributed by atoms with Gasteiger partial charge in [0.2, 0.25) is 0 Å². The fraction of sp³-hybridized carbons (Fsp3) is 0.235. The molecule has 1 amide bonds. The third-order valence-corrected chi connectivity index (χ3v) is 3.76. The summed E-state index contributed by atoms with van der Waals surface area (Å²) in [6.07, 6.45) is 0.529. The Bertz CT molecular complexity index is 711. The number of benzene rings is 2. The molecule has 0 spiro atoms. The second-order valence-electron chi connectivity index (χ2n) is 4.99. The molecule has 2 aromatic carbocycles. The van der Waals surface area contributed by atoms with Crippen LogP contribution in [-0.2, 0) is 11.2 Å². The molecule has 8 heteroatoms. The Kier molecular flexibility index (Phi) is 7.12. The third kappa shape index (κ3) is 6.66. The highest BCUT2D eigenvalue weighted by atomic mass is 79.9. The number of amides is 1. The number of carbonyl (C=O) groups is 1. The van der Waals surface area contributed by atoms with Crippen molar-refractivity contribution in [2.75, 3.05) is 13.2 Å². The van der Waals surface area contributed by atoms with Crippen LogP contribution in [0.15, 0.2) is 46.9 Å². The number of ether oxygens (including phenoxy) is 2. The van der Waals surface area contributed by atoms with Gasteiger partial charge < -0.3 is 14.8 Å². The smallest absolute Gasteiger partial charge is 0.387 e. The van der Waals surface area contributed by atoms with E-state index in [-0.39, 0.29) is 18.3 Å². The van der Waals surface area contributed by atoms with Crippen molar-refractivity contribution < 1.29 is 27.4 Å². The van der Waals surface area contributed by atoms with Gasteiger partial charge in [-0.05, 0) is 58.2 Å². The van der Waals surface area contributed by atoms with Crippen molar-refractivity contribution in [3.8, 4) is 11.5 Å². The summed E-state index contributed by atoms with van der Waals surface area (Å²) in [4.78, 5) is 11.7. The molecule has 0 heterocycles. The zero-order valence-corrected chi connectivity index (χ0v) is 14.6. The van der Waals surface area contributed by atoms with E-state index in [9.17, 15) is 18.0 Å². The quantitative estimate of drug-likeness (QED) is 0.707. The second-order valence-corrected chi connectivity index (χ2v) is 5.84. The fourth-order valence-corrected chi connectivity index (χ4v) is 2.44. The average molecular weight is 418 g/mol. The normalized spacial score (nSPS) is 10.6. The van der Waals surface area contributed by atoms with E-state index in [0.717, 1.165) is 5.56 Å². The van der Waals surface area contributed by atoms with Crippen LogP contribution < -0.4 is 14.8 Å². The molecule has 0 fully saturated rings. The van der Waals surface area contributed by atoms with Crippen LogP contribution in [0.5, 0.6) is 11.5 Å². The van der Waals surface area contributed by atoms with Gasteiger partial charge >= 0.3 is 6.61 Å². The van der Waals surface area contributed by atoms with Crippen LogP contribution in [0, 0.1) is 5.82 Å². The molecule has 0 aromatic heterocycles. The van der Waals surface area contributed by atoms with Crippen LogP contribution in [0.3, 0.4) is 0 Å².